The Kier molecular flexibility index (Phi) is 5.81. The second-order valence-electron chi connectivity index (χ2n) is 11.2. The van der Waals surface area contributed by atoms with Crippen LogP contribution in [0.5, 0.6) is 0 Å². The van der Waals surface area contributed by atoms with Gasteiger partial charge in [-0.25, -0.2) is 0 Å². The fourth-order valence-corrected chi connectivity index (χ4v) is 6.02. The predicted octanol–water partition coefficient (Wildman–Crippen LogP) is 13.0. The van der Waals surface area contributed by atoms with Gasteiger partial charge in [0.1, 0.15) is 0 Å². The van der Waals surface area contributed by atoms with Gasteiger partial charge < -0.3 is 4.90 Å². The van der Waals surface area contributed by atoms with E-state index < -0.39 is 0 Å². The lowest BCUT2D eigenvalue weighted by Gasteiger charge is -2.28. The predicted molar refractivity (Wildman–Crippen MR) is 200 cm³/mol. The Hall–Kier alpha value is -6.18. The minimum Gasteiger partial charge on any atom is -0.310 e. The lowest BCUT2D eigenvalue weighted by atomic mass is 9.89. The van der Waals surface area contributed by atoms with Gasteiger partial charge in [-0.05, 0) is 86.0 Å². The van der Waals surface area contributed by atoms with E-state index in [9.17, 15) is 9.60 Å². The molecule has 0 spiro atoms. The first-order valence-electron chi connectivity index (χ1n) is 19.1. The zero-order valence-corrected chi connectivity index (χ0v) is 25.5. The van der Waals surface area contributed by atoms with Gasteiger partial charge in [-0.15, -0.1) is 0 Å². The number of hydrogen-bond acceptors (Lipinski definition) is 1. The summed E-state index contributed by atoms with van der Waals surface area (Å²) in [6, 6.07) is 47.2. The summed E-state index contributed by atoms with van der Waals surface area (Å²) in [5.41, 5.74) is 4.74. The fraction of sp³-hybridized carbons (Fsp3) is 0. The van der Waals surface area contributed by atoms with Gasteiger partial charge >= 0.3 is 0 Å². The normalized spacial score (nSPS) is 13.1. The summed E-state index contributed by atoms with van der Waals surface area (Å²) in [7, 11) is 0. The van der Waals surface area contributed by atoms with Crippen molar-refractivity contribution in [2.75, 3.05) is 4.90 Å². The minimum atomic E-state index is -0.314. The fourth-order valence-electron chi connectivity index (χ4n) is 6.02. The molecule has 0 saturated carbocycles. The van der Waals surface area contributed by atoms with Gasteiger partial charge in [0.05, 0.1) is 15.3 Å². The maximum Gasteiger partial charge on any atom is 0.0645 e. The molecular weight excluding hydrogens is 567 g/mol. The van der Waals surface area contributed by atoms with E-state index in [1.54, 1.807) is 24.3 Å². The molecule has 0 heterocycles. The first kappa shape index (κ1) is 21.5. The van der Waals surface area contributed by atoms with Crippen molar-refractivity contribution in [2.24, 2.45) is 0 Å². The molecule has 0 aromatic heterocycles. The highest BCUT2D eigenvalue weighted by molar-refractivity contribution is 6.04. The molecule has 0 aliphatic carbocycles. The molecule has 0 unspecified atom stereocenters. The van der Waals surface area contributed by atoms with Gasteiger partial charge in [0.2, 0.25) is 0 Å². The molecule has 47 heavy (non-hydrogen) atoms. The Morgan fingerprint density at radius 2 is 0.894 bits per heavy atom. The molecule has 8 aromatic carbocycles. The van der Waals surface area contributed by atoms with Crippen molar-refractivity contribution in [1.29, 1.82) is 0 Å². The average molecular weight is 607 g/mol. The van der Waals surface area contributed by atoms with E-state index in [4.69, 9.17) is 0 Å². The second-order valence-corrected chi connectivity index (χ2v) is 11.2. The van der Waals surface area contributed by atoms with E-state index in [0.29, 0.717) is 27.9 Å². The minimum absolute atomic E-state index is 0.0134. The molecule has 0 saturated heterocycles. The maximum atomic E-state index is 9.68. The van der Waals surface area contributed by atoms with Gasteiger partial charge in [-0.3, -0.25) is 0 Å². The molecule has 0 fully saturated rings. The zero-order valence-electron chi connectivity index (χ0n) is 32.5. The molecule has 0 aliphatic heterocycles. The van der Waals surface area contributed by atoms with Crippen molar-refractivity contribution in [1.82, 2.24) is 0 Å². The molecule has 0 radical (unpaired) electrons. The number of anilines is 3. The average Bonchev–Trinajstić information content (AvgIpc) is 3.22. The first-order valence-corrected chi connectivity index (χ1v) is 15.6. The molecule has 222 valence electrons. The number of hydrogen-bond donors (Lipinski definition) is 0. The van der Waals surface area contributed by atoms with Crippen LogP contribution in [-0.2, 0) is 0 Å². The molecule has 0 bridgehead atoms. The van der Waals surface area contributed by atoms with Gasteiger partial charge in [0, 0.05) is 16.9 Å². The Labute approximate surface area is 286 Å². The summed E-state index contributed by atoms with van der Waals surface area (Å²) in [6.45, 7) is 0. The van der Waals surface area contributed by atoms with Crippen molar-refractivity contribution in [2.45, 2.75) is 0 Å². The van der Waals surface area contributed by atoms with E-state index in [2.05, 4.69) is 0 Å². The van der Waals surface area contributed by atoms with Crippen LogP contribution in [0, 0.1) is 0 Å². The highest BCUT2D eigenvalue weighted by Crippen LogP contribution is 2.44. The summed E-state index contributed by atoms with van der Waals surface area (Å²) in [4.78, 5) is 1.53. The van der Waals surface area contributed by atoms with Crippen LogP contribution >= 0.6 is 0 Å². The summed E-state index contributed by atoms with van der Waals surface area (Å²) in [6.07, 6.45) is 0. The number of benzene rings is 8. The third-order valence-corrected chi connectivity index (χ3v) is 8.25. The first-order chi connectivity index (χ1) is 26.3. The van der Waals surface area contributed by atoms with E-state index in [0.717, 1.165) is 21.9 Å². The van der Waals surface area contributed by atoms with Crippen molar-refractivity contribution in [3.8, 4) is 44.5 Å². The van der Waals surface area contributed by atoms with Crippen molar-refractivity contribution < 1.29 is 9.60 Å². The van der Waals surface area contributed by atoms with Gasteiger partial charge in [0.25, 0.3) is 0 Å². The lowest BCUT2D eigenvalue weighted by molar-refractivity contribution is 1.28. The second kappa shape index (κ2) is 12.7. The van der Waals surface area contributed by atoms with Crippen LogP contribution in [-0.4, -0.2) is 0 Å². The van der Waals surface area contributed by atoms with E-state index in [1.807, 2.05) is 133 Å². The van der Waals surface area contributed by atoms with Crippen LogP contribution in [0.2, 0.25) is 0 Å². The van der Waals surface area contributed by atoms with Crippen molar-refractivity contribution in [3.63, 3.8) is 0 Å². The summed E-state index contributed by atoms with van der Waals surface area (Å²) in [5, 5.41) is 1.69. The highest BCUT2D eigenvalue weighted by atomic mass is 15.1. The van der Waals surface area contributed by atoms with Crippen LogP contribution in [0.3, 0.4) is 0 Å². The third kappa shape index (κ3) is 5.60. The van der Waals surface area contributed by atoms with Crippen LogP contribution in [0.4, 0.5) is 17.1 Å². The number of rotatable bonds is 7. The van der Waals surface area contributed by atoms with Crippen LogP contribution in [0.25, 0.3) is 55.3 Å². The number of para-hydroxylation sites is 1. The quantitative estimate of drug-likeness (QED) is 0.174. The molecule has 1 heteroatoms. The molecular formula is C46H33N. The Balaban J connectivity index is 1.48. The Bertz CT molecular complexity index is 2640. The van der Waals surface area contributed by atoms with Crippen molar-refractivity contribution >= 4 is 27.8 Å². The highest BCUT2D eigenvalue weighted by Gasteiger charge is 2.19. The molecule has 8 rings (SSSR count). The van der Waals surface area contributed by atoms with Crippen LogP contribution in [0.15, 0.2) is 200 Å². The molecule has 1 nitrogen and oxygen atoms in total. The number of fused-ring (bicyclic) bond motifs is 1. The number of nitrogens with zero attached hydrogens (tertiary/aromatic N) is 1. The monoisotopic (exact) mass is 606 g/mol. The molecule has 8 aromatic rings. The van der Waals surface area contributed by atoms with Crippen LogP contribution in [0.1, 0.15) is 9.60 Å². The lowest BCUT2D eigenvalue weighted by Crippen LogP contribution is -2.11. The van der Waals surface area contributed by atoms with E-state index in [1.165, 1.54) is 4.90 Å². The topological polar surface area (TPSA) is 3.24 Å². The van der Waals surface area contributed by atoms with E-state index in [-0.39, 0.29) is 64.8 Å². The summed E-state index contributed by atoms with van der Waals surface area (Å²) < 4.78 is 67.2. The van der Waals surface area contributed by atoms with Crippen LogP contribution < -0.4 is 4.90 Å². The molecule has 0 aliphatic rings. The Morgan fingerprint density at radius 3 is 1.55 bits per heavy atom. The largest absolute Gasteiger partial charge is 0.310 e. The molecule has 0 amide bonds. The van der Waals surface area contributed by atoms with Gasteiger partial charge in [0.15, 0.2) is 0 Å². The third-order valence-electron chi connectivity index (χ3n) is 8.25. The maximum absolute atomic E-state index is 9.68. The SMILES string of the molecule is [2H]c1c([2H])c(N(c2ccccc2)c2c([2H])c([2H])c(-c3c(-c4ccccc4)ccc4ccccc34)c([2H])c2[2H])c(-c2ccccc2)c([2H])c1-c1ccccc1. The smallest absolute Gasteiger partial charge is 0.0645 e. The van der Waals surface area contributed by atoms with E-state index >= 15 is 0 Å². The zero-order chi connectivity index (χ0) is 37.5. The Morgan fingerprint density at radius 1 is 0.362 bits per heavy atom. The van der Waals surface area contributed by atoms with Gasteiger partial charge in [-0.1, -0.05) is 164 Å². The van der Waals surface area contributed by atoms with Gasteiger partial charge in [-0.2, -0.15) is 0 Å². The molecule has 0 N–H and O–H groups in total. The summed E-state index contributed by atoms with van der Waals surface area (Å²) >= 11 is 0. The van der Waals surface area contributed by atoms with Crippen molar-refractivity contribution in [3.05, 3.63) is 200 Å². The standard InChI is InChI=1S/C46H33N/c1-5-15-34(16-6-1)39-28-32-45(44(33-39)36-19-9-3-10-20-36)47(40-22-11-4-12-23-40)41-29-25-38(26-30-41)46-42-24-14-13-21-37(42)27-31-43(46)35-17-7-2-8-18-35/h1-33H/i25D,26D,28D,29D,30D,32D,33D. The molecule has 0 atom stereocenters. The summed E-state index contributed by atoms with van der Waals surface area (Å²) in [5.74, 6) is 0.